The van der Waals surface area contributed by atoms with Gasteiger partial charge < -0.3 is 11.1 Å². The van der Waals surface area contributed by atoms with Crippen LogP contribution in [0.1, 0.15) is 25.7 Å². The SMILES string of the molecule is NCC1CCCC1NC(=O)CCSc1ccccc1Cl. The second kappa shape index (κ2) is 7.91. The first-order valence-electron chi connectivity index (χ1n) is 7.07. The van der Waals surface area contributed by atoms with Crippen LogP contribution in [0.4, 0.5) is 0 Å². The number of hydrogen-bond donors (Lipinski definition) is 2. The number of nitrogens with two attached hydrogens (primary N) is 1. The monoisotopic (exact) mass is 312 g/mol. The molecule has 1 saturated carbocycles. The Morgan fingerprint density at radius 1 is 1.40 bits per heavy atom. The molecule has 0 spiro atoms. The van der Waals surface area contributed by atoms with Crippen molar-refractivity contribution in [2.75, 3.05) is 12.3 Å². The zero-order valence-corrected chi connectivity index (χ0v) is 13.1. The molecule has 110 valence electrons. The van der Waals surface area contributed by atoms with Gasteiger partial charge in [-0.2, -0.15) is 0 Å². The molecule has 2 unspecified atom stereocenters. The van der Waals surface area contributed by atoms with Crippen molar-refractivity contribution in [2.45, 2.75) is 36.6 Å². The highest BCUT2D eigenvalue weighted by Gasteiger charge is 2.26. The molecule has 1 aromatic rings. The Bertz CT molecular complexity index is 455. The topological polar surface area (TPSA) is 55.1 Å². The molecule has 3 N–H and O–H groups in total. The molecule has 2 rings (SSSR count). The molecule has 5 heteroatoms. The van der Waals surface area contributed by atoms with E-state index in [1.807, 2.05) is 24.3 Å². The summed E-state index contributed by atoms with van der Waals surface area (Å²) >= 11 is 7.70. The van der Waals surface area contributed by atoms with Crippen molar-refractivity contribution in [2.24, 2.45) is 11.7 Å². The zero-order valence-electron chi connectivity index (χ0n) is 11.5. The summed E-state index contributed by atoms with van der Waals surface area (Å²) in [5.41, 5.74) is 5.72. The van der Waals surface area contributed by atoms with Gasteiger partial charge in [-0.1, -0.05) is 30.2 Å². The second-order valence-corrected chi connectivity index (χ2v) is 6.67. The summed E-state index contributed by atoms with van der Waals surface area (Å²) in [7, 11) is 0. The molecule has 2 atom stereocenters. The molecule has 0 heterocycles. The summed E-state index contributed by atoms with van der Waals surface area (Å²) in [4.78, 5) is 13.0. The predicted octanol–water partition coefficient (Wildman–Crippen LogP) is 3.07. The summed E-state index contributed by atoms with van der Waals surface area (Å²) in [6.45, 7) is 0.666. The maximum Gasteiger partial charge on any atom is 0.221 e. The minimum absolute atomic E-state index is 0.120. The molecule has 0 saturated heterocycles. The van der Waals surface area contributed by atoms with Gasteiger partial charge in [0.25, 0.3) is 0 Å². The van der Waals surface area contributed by atoms with Crippen LogP contribution in [0, 0.1) is 5.92 Å². The van der Waals surface area contributed by atoms with Crippen LogP contribution in [0.5, 0.6) is 0 Å². The fourth-order valence-electron chi connectivity index (χ4n) is 2.60. The van der Waals surface area contributed by atoms with Crippen molar-refractivity contribution < 1.29 is 4.79 Å². The summed E-state index contributed by atoms with van der Waals surface area (Å²) in [6.07, 6.45) is 3.88. The minimum Gasteiger partial charge on any atom is -0.353 e. The van der Waals surface area contributed by atoms with Gasteiger partial charge in [0.15, 0.2) is 0 Å². The maximum absolute atomic E-state index is 11.9. The van der Waals surface area contributed by atoms with Gasteiger partial charge in [0, 0.05) is 23.1 Å². The first-order chi connectivity index (χ1) is 9.70. The van der Waals surface area contributed by atoms with Crippen LogP contribution < -0.4 is 11.1 Å². The number of benzene rings is 1. The normalized spacial score (nSPS) is 21.9. The highest BCUT2D eigenvalue weighted by Crippen LogP contribution is 2.27. The van der Waals surface area contributed by atoms with E-state index in [1.54, 1.807) is 11.8 Å². The predicted molar refractivity (Wildman–Crippen MR) is 85.1 cm³/mol. The molecular weight excluding hydrogens is 292 g/mol. The molecule has 3 nitrogen and oxygen atoms in total. The van der Waals surface area contributed by atoms with Crippen molar-refractivity contribution in [1.82, 2.24) is 5.32 Å². The lowest BCUT2D eigenvalue weighted by molar-refractivity contribution is -0.121. The fourth-order valence-corrected chi connectivity index (χ4v) is 3.79. The Morgan fingerprint density at radius 3 is 2.95 bits per heavy atom. The number of hydrogen-bond acceptors (Lipinski definition) is 3. The molecule has 1 aliphatic rings. The summed E-state index contributed by atoms with van der Waals surface area (Å²) in [5.74, 6) is 1.32. The van der Waals surface area contributed by atoms with Gasteiger partial charge in [0.2, 0.25) is 5.91 Å². The summed E-state index contributed by atoms with van der Waals surface area (Å²) < 4.78 is 0. The fraction of sp³-hybridized carbons (Fsp3) is 0.533. The number of carbonyl (C=O) groups excluding carboxylic acids is 1. The van der Waals surface area contributed by atoms with Gasteiger partial charge in [-0.25, -0.2) is 0 Å². The van der Waals surface area contributed by atoms with E-state index >= 15 is 0 Å². The highest BCUT2D eigenvalue weighted by atomic mass is 35.5. The third kappa shape index (κ3) is 4.40. The molecule has 0 radical (unpaired) electrons. The molecule has 0 bridgehead atoms. The van der Waals surface area contributed by atoms with E-state index in [0.29, 0.717) is 18.9 Å². The first-order valence-corrected chi connectivity index (χ1v) is 8.44. The molecular formula is C15H21ClN2OS. The molecule has 1 fully saturated rings. The van der Waals surface area contributed by atoms with Crippen molar-refractivity contribution >= 4 is 29.3 Å². The van der Waals surface area contributed by atoms with E-state index in [4.69, 9.17) is 17.3 Å². The third-order valence-corrected chi connectivity index (χ3v) is 5.25. The lowest BCUT2D eigenvalue weighted by Crippen LogP contribution is -2.39. The molecule has 20 heavy (non-hydrogen) atoms. The highest BCUT2D eigenvalue weighted by molar-refractivity contribution is 7.99. The van der Waals surface area contributed by atoms with E-state index in [-0.39, 0.29) is 11.9 Å². The number of thioether (sulfide) groups is 1. The number of nitrogens with one attached hydrogen (secondary N) is 1. The Morgan fingerprint density at radius 2 is 2.20 bits per heavy atom. The van der Waals surface area contributed by atoms with Crippen LogP contribution in [0.3, 0.4) is 0 Å². The second-order valence-electron chi connectivity index (χ2n) is 5.13. The first kappa shape index (κ1) is 15.7. The minimum atomic E-state index is 0.120. The molecule has 1 aromatic carbocycles. The van der Waals surface area contributed by atoms with E-state index in [9.17, 15) is 4.79 Å². The van der Waals surface area contributed by atoms with E-state index < -0.39 is 0 Å². The third-order valence-electron chi connectivity index (χ3n) is 3.73. The van der Waals surface area contributed by atoms with Gasteiger partial charge >= 0.3 is 0 Å². The maximum atomic E-state index is 11.9. The number of amides is 1. The smallest absolute Gasteiger partial charge is 0.221 e. The number of halogens is 1. The van der Waals surface area contributed by atoms with Crippen LogP contribution in [-0.4, -0.2) is 24.2 Å². The number of rotatable bonds is 6. The van der Waals surface area contributed by atoms with E-state index in [2.05, 4.69) is 5.32 Å². The number of carbonyl (C=O) groups is 1. The van der Waals surface area contributed by atoms with Gasteiger partial charge in [0.1, 0.15) is 0 Å². The standard InChI is InChI=1S/C15H21ClN2OS/c16-12-5-1-2-7-14(12)20-9-8-15(19)18-13-6-3-4-11(13)10-17/h1-2,5,7,11,13H,3-4,6,8-10,17H2,(H,18,19). The van der Waals surface area contributed by atoms with Gasteiger partial charge in [-0.05, 0) is 37.4 Å². The Hall–Kier alpha value is -0.710. The summed E-state index contributed by atoms with van der Waals surface area (Å²) in [5, 5.41) is 3.86. The largest absolute Gasteiger partial charge is 0.353 e. The van der Waals surface area contributed by atoms with Crippen molar-refractivity contribution in [3.05, 3.63) is 29.3 Å². The Labute approximate surface area is 129 Å². The van der Waals surface area contributed by atoms with Crippen molar-refractivity contribution in [1.29, 1.82) is 0 Å². The lowest BCUT2D eigenvalue weighted by atomic mass is 10.0. The average molecular weight is 313 g/mol. The van der Waals surface area contributed by atoms with Crippen molar-refractivity contribution in [3.8, 4) is 0 Å². The van der Waals surface area contributed by atoms with Crippen molar-refractivity contribution in [3.63, 3.8) is 0 Å². The van der Waals surface area contributed by atoms with Gasteiger partial charge in [-0.15, -0.1) is 11.8 Å². The van der Waals surface area contributed by atoms with Crippen LogP contribution in [0.25, 0.3) is 0 Å². The van der Waals surface area contributed by atoms with E-state index in [1.165, 1.54) is 6.42 Å². The van der Waals surface area contributed by atoms with Crippen LogP contribution in [-0.2, 0) is 4.79 Å². The molecule has 0 aromatic heterocycles. The quantitative estimate of drug-likeness (QED) is 0.794. The Balaban J connectivity index is 1.72. The summed E-state index contributed by atoms with van der Waals surface area (Å²) in [6, 6.07) is 7.99. The van der Waals surface area contributed by atoms with Gasteiger partial charge in [0.05, 0.1) is 5.02 Å². The molecule has 1 aliphatic carbocycles. The lowest BCUT2D eigenvalue weighted by Gasteiger charge is -2.19. The van der Waals surface area contributed by atoms with Crippen LogP contribution >= 0.6 is 23.4 Å². The molecule has 0 aliphatic heterocycles. The van der Waals surface area contributed by atoms with Crippen LogP contribution in [0.15, 0.2) is 29.2 Å². The van der Waals surface area contributed by atoms with E-state index in [0.717, 1.165) is 28.5 Å². The van der Waals surface area contributed by atoms with Crippen LogP contribution in [0.2, 0.25) is 5.02 Å². The average Bonchev–Trinajstić information content (AvgIpc) is 2.88. The molecule has 1 amide bonds. The van der Waals surface area contributed by atoms with Gasteiger partial charge in [-0.3, -0.25) is 4.79 Å². The zero-order chi connectivity index (χ0) is 14.4. The Kier molecular flexibility index (Phi) is 6.20.